The van der Waals surface area contributed by atoms with Gasteiger partial charge in [-0.2, -0.15) is 48.3 Å². The molecular formula is C14H9F11O3. The van der Waals surface area contributed by atoms with E-state index in [4.69, 9.17) is 10.2 Å². The maximum absolute atomic E-state index is 13.5. The van der Waals surface area contributed by atoms with Crippen LogP contribution in [0.4, 0.5) is 48.3 Å². The first-order valence-electron chi connectivity index (χ1n) is 6.81. The highest BCUT2D eigenvalue weighted by molar-refractivity contribution is 5.35. The molecule has 2 N–H and O–H groups in total. The van der Waals surface area contributed by atoms with Crippen molar-refractivity contribution in [2.24, 2.45) is 0 Å². The second kappa shape index (κ2) is 7.73. The van der Waals surface area contributed by atoms with Crippen molar-refractivity contribution in [2.75, 3.05) is 0 Å². The SMILES string of the molecule is OCc1cc(CO)cc(OC(F)=C(F)C(F)(F)C(F)(F)C(F)(F)C(F)(F)F)c1. The van der Waals surface area contributed by atoms with Gasteiger partial charge in [-0.15, -0.1) is 0 Å². The smallest absolute Gasteiger partial charge is 0.430 e. The van der Waals surface area contributed by atoms with Gasteiger partial charge in [-0.05, 0) is 23.3 Å². The van der Waals surface area contributed by atoms with Gasteiger partial charge in [0.2, 0.25) is 5.83 Å². The van der Waals surface area contributed by atoms with E-state index in [1.54, 1.807) is 0 Å². The molecule has 0 radical (unpaired) electrons. The third kappa shape index (κ3) is 4.16. The van der Waals surface area contributed by atoms with Crippen LogP contribution in [0.25, 0.3) is 0 Å². The number of rotatable bonds is 7. The van der Waals surface area contributed by atoms with E-state index in [0.717, 1.165) is 6.07 Å². The molecule has 0 aliphatic heterocycles. The summed E-state index contributed by atoms with van der Waals surface area (Å²) in [6.45, 7) is -1.58. The molecule has 0 saturated heterocycles. The Balaban J connectivity index is 3.36. The van der Waals surface area contributed by atoms with Gasteiger partial charge in [0.15, 0.2) is 0 Å². The molecule has 0 aromatic heterocycles. The molecule has 0 bridgehead atoms. The van der Waals surface area contributed by atoms with Crippen molar-refractivity contribution < 1.29 is 63.2 Å². The van der Waals surface area contributed by atoms with Gasteiger partial charge in [0.25, 0.3) is 0 Å². The van der Waals surface area contributed by atoms with Gasteiger partial charge >= 0.3 is 30.0 Å². The largest absolute Gasteiger partial charge is 0.460 e. The predicted molar refractivity (Wildman–Crippen MR) is 69.1 cm³/mol. The van der Waals surface area contributed by atoms with E-state index in [0.29, 0.717) is 12.1 Å². The van der Waals surface area contributed by atoms with Crippen LogP contribution in [0.15, 0.2) is 30.0 Å². The molecule has 1 aromatic rings. The van der Waals surface area contributed by atoms with Gasteiger partial charge in [-0.1, -0.05) is 6.07 Å². The Morgan fingerprint density at radius 2 is 1.18 bits per heavy atom. The van der Waals surface area contributed by atoms with E-state index in [1.807, 2.05) is 0 Å². The van der Waals surface area contributed by atoms with E-state index in [2.05, 4.69) is 4.74 Å². The van der Waals surface area contributed by atoms with Crippen molar-refractivity contribution in [3.63, 3.8) is 0 Å². The third-order valence-electron chi connectivity index (χ3n) is 3.19. The van der Waals surface area contributed by atoms with Crippen LogP contribution in [-0.2, 0) is 13.2 Å². The summed E-state index contributed by atoms with van der Waals surface area (Å²) in [5.74, 6) is -26.8. The minimum absolute atomic E-state index is 0.157. The molecule has 1 aromatic carbocycles. The number of aliphatic hydroxyl groups is 2. The molecule has 0 spiro atoms. The summed E-state index contributed by atoms with van der Waals surface area (Å²) in [4.78, 5) is 0. The molecule has 0 aliphatic carbocycles. The zero-order valence-electron chi connectivity index (χ0n) is 13.1. The Morgan fingerprint density at radius 1 is 0.750 bits per heavy atom. The summed E-state index contributed by atoms with van der Waals surface area (Å²) in [6, 6.07) is -0.835. The number of hydrogen-bond acceptors (Lipinski definition) is 3. The fourth-order valence-corrected chi connectivity index (χ4v) is 1.75. The number of hydrogen-bond donors (Lipinski definition) is 2. The Labute approximate surface area is 148 Å². The van der Waals surface area contributed by atoms with Crippen molar-refractivity contribution in [1.29, 1.82) is 0 Å². The average Bonchev–Trinajstić information content (AvgIpc) is 2.58. The van der Waals surface area contributed by atoms with Gasteiger partial charge in [0.1, 0.15) is 5.75 Å². The number of benzene rings is 1. The number of aliphatic hydroxyl groups excluding tert-OH is 2. The maximum atomic E-state index is 13.5. The zero-order chi connectivity index (χ0) is 22.1. The lowest BCUT2D eigenvalue weighted by molar-refractivity contribution is -0.392. The first-order chi connectivity index (χ1) is 12.5. The molecule has 3 nitrogen and oxygen atoms in total. The molecule has 0 saturated carbocycles. The lowest BCUT2D eigenvalue weighted by atomic mass is 10.0. The van der Waals surface area contributed by atoms with Crippen LogP contribution in [0.1, 0.15) is 11.1 Å². The minimum atomic E-state index is -7.41. The van der Waals surface area contributed by atoms with Crippen LogP contribution < -0.4 is 4.74 Å². The Morgan fingerprint density at radius 3 is 1.54 bits per heavy atom. The number of allylic oxidation sites excluding steroid dienone is 1. The van der Waals surface area contributed by atoms with Gasteiger partial charge < -0.3 is 14.9 Å². The average molecular weight is 434 g/mol. The monoisotopic (exact) mass is 434 g/mol. The normalized spacial score (nSPS) is 14.8. The van der Waals surface area contributed by atoms with Crippen molar-refractivity contribution in [2.45, 2.75) is 37.2 Å². The van der Waals surface area contributed by atoms with Crippen molar-refractivity contribution in [3.8, 4) is 5.75 Å². The number of ether oxygens (including phenoxy) is 1. The highest BCUT2D eigenvalue weighted by Crippen LogP contribution is 2.55. The Kier molecular flexibility index (Phi) is 6.62. The summed E-state index contributed by atoms with van der Waals surface area (Å²) < 4.78 is 145. The molecule has 0 unspecified atom stereocenters. The van der Waals surface area contributed by atoms with Crippen LogP contribution in [0.5, 0.6) is 5.75 Å². The van der Waals surface area contributed by atoms with Crippen molar-refractivity contribution in [3.05, 3.63) is 41.2 Å². The van der Waals surface area contributed by atoms with Gasteiger partial charge in [-0.3, -0.25) is 0 Å². The molecule has 0 amide bonds. The summed E-state index contributed by atoms with van der Waals surface area (Å²) >= 11 is 0. The molecule has 28 heavy (non-hydrogen) atoms. The second-order valence-electron chi connectivity index (χ2n) is 5.21. The minimum Gasteiger partial charge on any atom is -0.430 e. The van der Waals surface area contributed by atoms with E-state index in [9.17, 15) is 48.3 Å². The predicted octanol–water partition coefficient (Wildman–Crippen LogP) is 4.63. The maximum Gasteiger partial charge on any atom is 0.460 e. The van der Waals surface area contributed by atoms with Crippen LogP contribution in [0.2, 0.25) is 0 Å². The fourth-order valence-electron chi connectivity index (χ4n) is 1.75. The van der Waals surface area contributed by atoms with Gasteiger partial charge in [-0.25, -0.2) is 0 Å². The fraction of sp³-hybridized carbons (Fsp3) is 0.429. The van der Waals surface area contributed by atoms with E-state index in [-0.39, 0.29) is 11.1 Å². The molecular weight excluding hydrogens is 425 g/mol. The van der Waals surface area contributed by atoms with Crippen LogP contribution >= 0.6 is 0 Å². The summed E-state index contributed by atoms with van der Waals surface area (Å²) in [5, 5.41) is 17.8. The lowest BCUT2D eigenvalue weighted by Gasteiger charge is -2.32. The van der Waals surface area contributed by atoms with Gasteiger partial charge in [0.05, 0.1) is 13.2 Å². The summed E-state index contributed by atoms with van der Waals surface area (Å²) in [6.07, 6.45) is -7.21. The molecule has 14 heteroatoms. The first-order valence-corrected chi connectivity index (χ1v) is 6.81. The number of alkyl halides is 9. The Bertz CT molecular complexity index is 718. The van der Waals surface area contributed by atoms with E-state index < -0.39 is 54.7 Å². The highest BCUT2D eigenvalue weighted by Gasteiger charge is 2.83. The quantitative estimate of drug-likeness (QED) is 0.486. The molecule has 0 atom stereocenters. The molecule has 160 valence electrons. The third-order valence-corrected chi connectivity index (χ3v) is 3.19. The van der Waals surface area contributed by atoms with Crippen LogP contribution in [0.3, 0.4) is 0 Å². The number of halogens is 11. The highest BCUT2D eigenvalue weighted by atomic mass is 19.4. The van der Waals surface area contributed by atoms with Crippen LogP contribution in [-0.4, -0.2) is 34.2 Å². The standard InChI is InChI=1S/C14H9F11O3/c15-9(11(17,18)12(19,20)13(21,22)14(23,24)25)10(16)28-8-2-6(4-26)1-7(3-8)5-27/h1-3,26-27H,4-5H2. The molecule has 0 heterocycles. The van der Waals surface area contributed by atoms with Crippen LogP contribution in [0, 0.1) is 0 Å². The van der Waals surface area contributed by atoms with E-state index >= 15 is 0 Å². The molecule has 0 fully saturated rings. The van der Waals surface area contributed by atoms with Crippen molar-refractivity contribution >= 4 is 0 Å². The van der Waals surface area contributed by atoms with Gasteiger partial charge in [0, 0.05) is 0 Å². The lowest BCUT2D eigenvalue weighted by Crippen LogP contribution is -2.61. The summed E-state index contributed by atoms with van der Waals surface area (Å²) in [5.41, 5.74) is -0.314. The first kappa shape index (κ1) is 23.9. The topological polar surface area (TPSA) is 49.7 Å². The molecule has 1 rings (SSSR count). The summed E-state index contributed by atoms with van der Waals surface area (Å²) in [7, 11) is 0. The zero-order valence-corrected chi connectivity index (χ0v) is 13.1. The van der Waals surface area contributed by atoms with Crippen molar-refractivity contribution in [1.82, 2.24) is 0 Å². The molecule has 0 aliphatic rings. The Hall–Kier alpha value is -2.09. The van der Waals surface area contributed by atoms with E-state index in [1.165, 1.54) is 0 Å². The second-order valence-corrected chi connectivity index (χ2v) is 5.21.